The topological polar surface area (TPSA) is 63.4 Å². The Kier molecular flexibility index (Phi) is 2.00. The molecule has 1 aromatic rings. The lowest BCUT2D eigenvalue weighted by molar-refractivity contribution is -0.384. The van der Waals surface area contributed by atoms with Crippen LogP contribution < -0.4 is 0 Å². The van der Waals surface area contributed by atoms with Crippen LogP contribution in [0.3, 0.4) is 0 Å². The van der Waals surface area contributed by atoms with Crippen LogP contribution in [0.1, 0.15) is 18.4 Å². The van der Waals surface area contributed by atoms with Crippen molar-refractivity contribution in [1.29, 1.82) is 0 Å². The van der Waals surface area contributed by atoms with Crippen molar-refractivity contribution in [2.45, 2.75) is 24.9 Å². The molecule has 1 aliphatic carbocycles. The zero-order chi connectivity index (χ0) is 10.2. The second kappa shape index (κ2) is 3.06. The smallest absolute Gasteiger partial charge is 0.269 e. The molecule has 1 fully saturated rings. The predicted octanol–water partition coefficient (Wildman–Crippen LogP) is 1.66. The van der Waals surface area contributed by atoms with Gasteiger partial charge in [0.25, 0.3) is 5.69 Å². The van der Waals surface area contributed by atoms with E-state index in [0.717, 1.165) is 18.4 Å². The summed E-state index contributed by atoms with van der Waals surface area (Å²) in [5.41, 5.74) is 0.517. The van der Waals surface area contributed by atoms with Crippen molar-refractivity contribution in [3.8, 4) is 0 Å². The number of nitro benzene ring substituents is 1. The summed E-state index contributed by atoms with van der Waals surface area (Å²) in [6, 6.07) is 6.35. The predicted molar refractivity (Wildman–Crippen MR) is 51.0 cm³/mol. The highest BCUT2D eigenvalue weighted by Gasteiger charge is 2.40. The van der Waals surface area contributed by atoms with Crippen LogP contribution in [-0.2, 0) is 6.42 Å². The summed E-state index contributed by atoms with van der Waals surface area (Å²) >= 11 is 0. The van der Waals surface area contributed by atoms with Gasteiger partial charge in [-0.3, -0.25) is 10.1 Å². The zero-order valence-corrected chi connectivity index (χ0v) is 7.64. The maximum absolute atomic E-state index is 10.4. The molecule has 74 valence electrons. The third-order valence-corrected chi connectivity index (χ3v) is 2.51. The first-order valence-electron chi connectivity index (χ1n) is 4.55. The molecular weight excluding hydrogens is 182 g/mol. The van der Waals surface area contributed by atoms with Gasteiger partial charge in [-0.05, 0) is 18.4 Å². The summed E-state index contributed by atoms with van der Waals surface area (Å²) < 4.78 is 0. The third kappa shape index (κ3) is 1.90. The highest BCUT2D eigenvalue weighted by atomic mass is 16.6. The van der Waals surface area contributed by atoms with Crippen molar-refractivity contribution in [2.75, 3.05) is 0 Å². The SMILES string of the molecule is O=[N+]([O-])c1ccc(CC2(O)CC2)cc1. The summed E-state index contributed by atoms with van der Waals surface area (Å²) in [6.45, 7) is 0. The molecule has 0 saturated heterocycles. The fraction of sp³-hybridized carbons (Fsp3) is 0.400. The maximum Gasteiger partial charge on any atom is 0.269 e. The van der Waals surface area contributed by atoms with Crippen molar-refractivity contribution < 1.29 is 10.0 Å². The number of rotatable bonds is 3. The van der Waals surface area contributed by atoms with E-state index in [2.05, 4.69) is 0 Å². The Morgan fingerprint density at radius 1 is 1.36 bits per heavy atom. The summed E-state index contributed by atoms with van der Waals surface area (Å²) in [4.78, 5) is 9.94. The van der Waals surface area contributed by atoms with E-state index in [1.807, 2.05) is 0 Å². The molecule has 0 heterocycles. The van der Waals surface area contributed by atoms with Crippen molar-refractivity contribution in [2.24, 2.45) is 0 Å². The fourth-order valence-electron chi connectivity index (χ4n) is 1.44. The number of aliphatic hydroxyl groups is 1. The van der Waals surface area contributed by atoms with Gasteiger partial charge < -0.3 is 5.11 Å². The number of non-ortho nitro benzene ring substituents is 1. The van der Waals surface area contributed by atoms with Crippen LogP contribution in [0.15, 0.2) is 24.3 Å². The third-order valence-electron chi connectivity index (χ3n) is 2.51. The van der Waals surface area contributed by atoms with Gasteiger partial charge in [-0.2, -0.15) is 0 Å². The summed E-state index contributed by atoms with van der Waals surface area (Å²) in [5, 5.41) is 20.0. The van der Waals surface area contributed by atoms with E-state index < -0.39 is 10.5 Å². The quantitative estimate of drug-likeness (QED) is 0.586. The van der Waals surface area contributed by atoms with E-state index in [1.165, 1.54) is 12.1 Å². The van der Waals surface area contributed by atoms with Gasteiger partial charge in [0.1, 0.15) is 0 Å². The number of nitrogens with zero attached hydrogens (tertiary/aromatic N) is 1. The summed E-state index contributed by atoms with van der Waals surface area (Å²) in [6.07, 6.45) is 2.28. The van der Waals surface area contributed by atoms with Gasteiger partial charge in [0.05, 0.1) is 10.5 Å². The van der Waals surface area contributed by atoms with Gasteiger partial charge in [0, 0.05) is 18.6 Å². The van der Waals surface area contributed by atoms with Crippen LogP contribution >= 0.6 is 0 Å². The lowest BCUT2D eigenvalue weighted by Gasteiger charge is -2.06. The van der Waals surface area contributed by atoms with E-state index in [9.17, 15) is 15.2 Å². The minimum absolute atomic E-state index is 0.0940. The molecule has 0 amide bonds. The molecule has 1 aliphatic rings. The molecule has 14 heavy (non-hydrogen) atoms. The van der Waals surface area contributed by atoms with Crippen molar-refractivity contribution >= 4 is 5.69 Å². The number of benzene rings is 1. The maximum atomic E-state index is 10.4. The zero-order valence-electron chi connectivity index (χ0n) is 7.64. The van der Waals surface area contributed by atoms with Crippen LogP contribution in [0.5, 0.6) is 0 Å². The van der Waals surface area contributed by atoms with Gasteiger partial charge >= 0.3 is 0 Å². The van der Waals surface area contributed by atoms with E-state index in [1.54, 1.807) is 12.1 Å². The molecule has 1 aromatic carbocycles. The molecule has 0 unspecified atom stereocenters. The van der Waals surface area contributed by atoms with Crippen molar-refractivity contribution in [1.82, 2.24) is 0 Å². The van der Waals surface area contributed by atoms with E-state index in [4.69, 9.17) is 0 Å². The second-order valence-corrected chi connectivity index (χ2v) is 3.82. The fourth-order valence-corrected chi connectivity index (χ4v) is 1.44. The Hall–Kier alpha value is -1.42. The van der Waals surface area contributed by atoms with Gasteiger partial charge in [0.2, 0.25) is 0 Å². The molecule has 0 radical (unpaired) electrons. The monoisotopic (exact) mass is 193 g/mol. The molecule has 0 atom stereocenters. The summed E-state index contributed by atoms with van der Waals surface area (Å²) in [5.74, 6) is 0. The van der Waals surface area contributed by atoms with Gasteiger partial charge in [-0.15, -0.1) is 0 Å². The average Bonchev–Trinajstić information content (AvgIpc) is 2.84. The van der Waals surface area contributed by atoms with Crippen LogP contribution in [0.25, 0.3) is 0 Å². The standard InChI is InChI=1S/C10H11NO3/c12-10(5-6-10)7-8-1-3-9(4-2-8)11(13)14/h1-4,12H,5-7H2. The lowest BCUT2D eigenvalue weighted by atomic mass is 10.1. The highest BCUT2D eigenvalue weighted by molar-refractivity contribution is 5.33. The highest BCUT2D eigenvalue weighted by Crippen LogP contribution is 2.38. The van der Waals surface area contributed by atoms with E-state index in [0.29, 0.717) is 6.42 Å². The number of hydrogen-bond acceptors (Lipinski definition) is 3. The Morgan fingerprint density at radius 3 is 2.36 bits per heavy atom. The van der Waals surface area contributed by atoms with Crippen molar-refractivity contribution in [3.63, 3.8) is 0 Å². The first kappa shape index (κ1) is 9.15. The van der Waals surface area contributed by atoms with Crippen LogP contribution in [0.2, 0.25) is 0 Å². The second-order valence-electron chi connectivity index (χ2n) is 3.82. The number of nitro groups is 1. The molecule has 1 saturated carbocycles. The Bertz CT molecular complexity index is 354. The first-order chi connectivity index (χ1) is 6.59. The Labute approximate surface area is 81.3 Å². The Balaban J connectivity index is 2.10. The normalized spacial score (nSPS) is 17.8. The number of hydrogen-bond donors (Lipinski definition) is 1. The van der Waals surface area contributed by atoms with E-state index in [-0.39, 0.29) is 5.69 Å². The Morgan fingerprint density at radius 2 is 1.93 bits per heavy atom. The molecule has 1 N–H and O–H groups in total. The first-order valence-corrected chi connectivity index (χ1v) is 4.55. The lowest BCUT2D eigenvalue weighted by Crippen LogP contribution is -2.10. The minimum Gasteiger partial charge on any atom is -0.390 e. The van der Waals surface area contributed by atoms with Crippen LogP contribution in [-0.4, -0.2) is 15.6 Å². The molecule has 4 heteroatoms. The molecule has 2 rings (SSSR count). The molecule has 0 bridgehead atoms. The largest absolute Gasteiger partial charge is 0.390 e. The van der Waals surface area contributed by atoms with Gasteiger partial charge in [0.15, 0.2) is 0 Å². The molecule has 0 aliphatic heterocycles. The van der Waals surface area contributed by atoms with E-state index >= 15 is 0 Å². The molecule has 4 nitrogen and oxygen atoms in total. The van der Waals surface area contributed by atoms with Crippen LogP contribution in [0, 0.1) is 10.1 Å². The average molecular weight is 193 g/mol. The van der Waals surface area contributed by atoms with Gasteiger partial charge in [-0.1, -0.05) is 12.1 Å². The molecule has 0 spiro atoms. The molecular formula is C10H11NO3. The molecule has 0 aromatic heterocycles. The van der Waals surface area contributed by atoms with Crippen LogP contribution in [0.4, 0.5) is 5.69 Å². The summed E-state index contributed by atoms with van der Waals surface area (Å²) in [7, 11) is 0. The van der Waals surface area contributed by atoms with Gasteiger partial charge in [-0.25, -0.2) is 0 Å². The van der Waals surface area contributed by atoms with Crippen molar-refractivity contribution in [3.05, 3.63) is 39.9 Å². The minimum atomic E-state index is -0.532.